The van der Waals surface area contributed by atoms with Crippen LogP contribution in [0.5, 0.6) is 5.75 Å². The highest BCUT2D eigenvalue weighted by molar-refractivity contribution is 5.97. The molecule has 2 rings (SSSR count). The van der Waals surface area contributed by atoms with Crippen molar-refractivity contribution < 1.29 is 14.3 Å². The summed E-state index contributed by atoms with van der Waals surface area (Å²) in [6.07, 6.45) is 1.43. The van der Waals surface area contributed by atoms with Crippen molar-refractivity contribution in [3.8, 4) is 5.75 Å². The molecule has 0 aliphatic carbocycles. The maximum atomic E-state index is 13.0. The van der Waals surface area contributed by atoms with Crippen LogP contribution in [0, 0.1) is 0 Å². The Morgan fingerprint density at radius 1 is 1.08 bits per heavy atom. The fourth-order valence-corrected chi connectivity index (χ4v) is 3.04. The molecule has 0 N–H and O–H groups in total. The van der Waals surface area contributed by atoms with E-state index in [2.05, 4.69) is 20.8 Å². The van der Waals surface area contributed by atoms with Gasteiger partial charge in [0.05, 0.1) is 12.7 Å². The van der Waals surface area contributed by atoms with E-state index in [1.54, 1.807) is 7.11 Å². The number of ether oxygens (including phenoxy) is 1. The van der Waals surface area contributed by atoms with E-state index in [0.29, 0.717) is 43.9 Å². The zero-order chi connectivity index (χ0) is 18.6. The molecule has 25 heavy (non-hydrogen) atoms. The average molecular weight is 346 g/mol. The molecule has 5 heteroatoms. The quantitative estimate of drug-likeness (QED) is 0.842. The van der Waals surface area contributed by atoms with Gasteiger partial charge < -0.3 is 14.5 Å². The highest BCUT2D eigenvalue weighted by Gasteiger charge is 2.27. The number of methoxy groups -OCH3 is 1. The smallest absolute Gasteiger partial charge is 0.257 e. The van der Waals surface area contributed by atoms with Gasteiger partial charge in [0.1, 0.15) is 5.75 Å². The van der Waals surface area contributed by atoms with Gasteiger partial charge in [-0.1, -0.05) is 33.8 Å². The standard InChI is InChI=1S/C20H30N2O3/c1-6-7-18(23)21-10-12-22(13-11-21)19(24)16-14-15(20(2,3)4)8-9-17(16)25-5/h8-9,14H,6-7,10-13H2,1-5H3. The van der Waals surface area contributed by atoms with Crippen molar-refractivity contribution in [3.05, 3.63) is 29.3 Å². The molecule has 2 amide bonds. The molecule has 0 radical (unpaired) electrons. The van der Waals surface area contributed by atoms with E-state index >= 15 is 0 Å². The van der Waals surface area contributed by atoms with Gasteiger partial charge in [0.2, 0.25) is 5.91 Å². The van der Waals surface area contributed by atoms with Gasteiger partial charge in [0, 0.05) is 32.6 Å². The molecule has 0 spiro atoms. The van der Waals surface area contributed by atoms with Crippen molar-refractivity contribution in [1.29, 1.82) is 0 Å². The van der Waals surface area contributed by atoms with Crippen LogP contribution in [0.4, 0.5) is 0 Å². The molecule has 0 aromatic heterocycles. The Labute approximate surface area is 150 Å². The molecule has 0 atom stereocenters. The zero-order valence-electron chi connectivity index (χ0n) is 16.1. The SMILES string of the molecule is CCCC(=O)N1CCN(C(=O)c2cc(C(C)(C)C)ccc2OC)CC1. The molecule has 138 valence electrons. The first-order valence-electron chi connectivity index (χ1n) is 9.03. The molecule has 1 aromatic rings. The first kappa shape index (κ1) is 19.3. The number of piperazine rings is 1. The van der Waals surface area contributed by atoms with E-state index in [9.17, 15) is 9.59 Å². The Morgan fingerprint density at radius 2 is 1.68 bits per heavy atom. The van der Waals surface area contributed by atoms with Crippen LogP contribution in [0.25, 0.3) is 0 Å². The third kappa shape index (κ3) is 4.53. The van der Waals surface area contributed by atoms with Crippen molar-refractivity contribution in [3.63, 3.8) is 0 Å². The number of rotatable bonds is 4. The number of carbonyl (C=O) groups excluding carboxylic acids is 2. The van der Waals surface area contributed by atoms with Gasteiger partial charge in [-0.2, -0.15) is 0 Å². The van der Waals surface area contributed by atoms with E-state index in [1.807, 2.05) is 34.9 Å². The highest BCUT2D eigenvalue weighted by atomic mass is 16.5. The second-order valence-corrected chi connectivity index (χ2v) is 7.59. The van der Waals surface area contributed by atoms with Crippen LogP contribution in [0.3, 0.4) is 0 Å². The molecule has 1 fully saturated rings. The van der Waals surface area contributed by atoms with Crippen LogP contribution in [0.2, 0.25) is 0 Å². The normalized spacial score (nSPS) is 15.2. The summed E-state index contributed by atoms with van der Waals surface area (Å²) >= 11 is 0. The monoisotopic (exact) mass is 346 g/mol. The van der Waals surface area contributed by atoms with E-state index in [1.165, 1.54) is 0 Å². The molecule has 0 unspecified atom stereocenters. The fraction of sp³-hybridized carbons (Fsp3) is 0.600. The molecule has 0 saturated carbocycles. The Kier molecular flexibility index (Phi) is 6.09. The van der Waals surface area contributed by atoms with E-state index in [0.717, 1.165) is 12.0 Å². The lowest BCUT2D eigenvalue weighted by Crippen LogP contribution is -2.50. The van der Waals surface area contributed by atoms with Crippen LogP contribution in [-0.2, 0) is 10.2 Å². The molecule has 5 nitrogen and oxygen atoms in total. The number of hydrogen-bond acceptors (Lipinski definition) is 3. The summed E-state index contributed by atoms with van der Waals surface area (Å²) in [5.74, 6) is 0.759. The lowest BCUT2D eigenvalue weighted by molar-refractivity contribution is -0.132. The van der Waals surface area contributed by atoms with Crippen molar-refractivity contribution in [2.45, 2.75) is 46.0 Å². The second-order valence-electron chi connectivity index (χ2n) is 7.59. The second kappa shape index (κ2) is 7.89. The minimum atomic E-state index is -0.0351. The summed E-state index contributed by atoms with van der Waals surface area (Å²) in [5, 5.41) is 0. The predicted octanol–water partition coefficient (Wildman–Crippen LogP) is 3.08. The van der Waals surface area contributed by atoms with Crippen molar-refractivity contribution >= 4 is 11.8 Å². The lowest BCUT2D eigenvalue weighted by atomic mass is 9.86. The Morgan fingerprint density at radius 3 is 2.20 bits per heavy atom. The summed E-state index contributed by atoms with van der Waals surface area (Å²) in [7, 11) is 1.59. The number of nitrogens with zero attached hydrogens (tertiary/aromatic N) is 2. The van der Waals surface area contributed by atoms with Crippen LogP contribution in [-0.4, -0.2) is 54.9 Å². The average Bonchev–Trinajstić information content (AvgIpc) is 2.60. The summed E-state index contributed by atoms with van der Waals surface area (Å²) < 4.78 is 5.40. The minimum Gasteiger partial charge on any atom is -0.496 e. The fourth-order valence-electron chi connectivity index (χ4n) is 3.04. The van der Waals surface area contributed by atoms with Gasteiger partial charge >= 0.3 is 0 Å². The molecule has 1 aromatic carbocycles. The molecule has 1 heterocycles. The van der Waals surface area contributed by atoms with E-state index in [-0.39, 0.29) is 17.2 Å². The van der Waals surface area contributed by atoms with Gasteiger partial charge in [0.15, 0.2) is 0 Å². The molecular formula is C20H30N2O3. The Hall–Kier alpha value is -2.04. The first-order chi connectivity index (χ1) is 11.8. The summed E-state index contributed by atoms with van der Waals surface area (Å²) in [6.45, 7) is 10.7. The maximum absolute atomic E-state index is 13.0. The highest BCUT2D eigenvalue weighted by Crippen LogP contribution is 2.29. The third-order valence-electron chi connectivity index (χ3n) is 4.68. The summed E-state index contributed by atoms with van der Waals surface area (Å²) in [6, 6.07) is 5.82. The van der Waals surface area contributed by atoms with Crippen molar-refractivity contribution in [2.75, 3.05) is 33.3 Å². The van der Waals surface area contributed by atoms with Crippen LogP contribution >= 0.6 is 0 Å². The summed E-state index contributed by atoms with van der Waals surface area (Å²) in [4.78, 5) is 28.7. The van der Waals surface area contributed by atoms with Gasteiger partial charge in [-0.05, 0) is 29.5 Å². The van der Waals surface area contributed by atoms with E-state index < -0.39 is 0 Å². The van der Waals surface area contributed by atoms with Crippen LogP contribution in [0.15, 0.2) is 18.2 Å². The molecule has 0 bridgehead atoms. The van der Waals surface area contributed by atoms with Gasteiger partial charge in [-0.25, -0.2) is 0 Å². The maximum Gasteiger partial charge on any atom is 0.257 e. The minimum absolute atomic E-state index is 0.0226. The number of carbonyl (C=O) groups is 2. The van der Waals surface area contributed by atoms with Crippen LogP contribution < -0.4 is 4.74 Å². The van der Waals surface area contributed by atoms with Crippen LogP contribution in [0.1, 0.15) is 56.5 Å². The molecule has 1 aliphatic heterocycles. The molecule has 1 aliphatic rings. The number of amides is 2. The third-order valence-corrected chi connectivity index (χ3v) is 4.68. The predicted molar refractivity (Wildman–Crippen MR) is 99.1 cm³/mol. The first-order valence-corrected chi connectivity index (χ1v) is 9.03. The van der Waals surface area contributed by atoms with Gasteiger partial charge in [-0.3, -0.25) is 9.59 Å². The lowest BCUT2D eigenvalue weighted by Gasteiger charge is -2.35. The summed E-state index contributed by atoms with van der Waals surface area (Å²) in [5.41, 5.74) is 1.67. The zero-order valence-corrected chi connectivity index (χ0v) is 16.1. The van der Waals surface area contributed by atoms with E-state index in [4.69, 9.17) is 4.74 Å². The largest absolute Gasteiger partial charge is 0.496 e. The van der Waals surface area contributed by atoms with Gasteiger partial charge in [-0.15, -0.1) is 0 Å². The molecular weight excluding hydrogens is 316 g/mol. The van der Waals surface area contributed by atoms with Crippen molar-refractivity contribution in [1.82, 2.24) is 9.80 Å². The Bertz CT molecular complexity index is 626. The number of benzene rings is 1. The van der Waals surface area contributed by atoms with Crippen molar-refractivity contribution in [2.24, 2.45) is 0 Å². The molecule has 1 saturated heterocycles. The Balaban J connectivity index is 2.14. The van der Waals surface area contributed by atoms with Gasteiger partial charge in [0.25, 0.3) is 5.91 Å². The topological polar surface area (TPSA) is 49.9 Å². The number of hydrogen-bond donors (Lipinski definition) is 0.